The SMILES string of the molecule is O=C(O)COCCc1ccc(Oc2ccccc2)cc1. The highest BCUT2D eigenvalue weighted by atomic mass is 16.5. The van der Waals surface area contributed by atoms with Crippen LogP contribution in [0.2, 0.25) is 0 Å². The molecule has 0 saturated carbocycles. The smallest absolute Gasteiger partial charge is 0.329 e. The summed E-state index contributed by atoms with van der Waals surface area (Å²) in [5.41, 5.74) is 1.08. The number of benzene rings is 2. The lowest BCUT2D eigenvalue weighted by atomic mass is 10.1. The van der Waals surface area contributed by atoms with E-state index in [2.05, 4.69) is 0 Å². The Morgan fingerprint density at radius 1 is 0.950 bits per heavy atom. The maximum absolute atomic E-state index is 10.3. The number of carbonyl (C=O) groups is 1. The summed E-state index contributed by atoms with van der Waals surface area (Å²) in [6.45, 7) is 0.139. The molecule has 0 unspecified atom stereocenters. The monoisotopic (exact) mass is 272 g/mol. The van der Waals surface area contributed by atoms with Gasteiger partial charge in [0.25, 0.3) is 0 Å². The first-order valence-electron chi connectivity index (χ1n) is 6.35. The summed E-state index contributed by atoms with van der Waals surface area (Å²) in [5.74, 6) is 0.619. The van der Waals surface area contributed by atoms with E-state index in [0.29, 0.717) is 13.0 Å². The predicted octanol–water partition coefficient (Wildman–Crippen LogP) is 3.12. The van der Waals surface area contributed by atoms with Crippen molar-refractivity contribution < 1.29 is 19.4 Å². The molecule has 104 valence electrons. The summed E-state index contributed by atoms with van der Waals surface area (Å²) in [4.78, 5) is 10.3. The van der Waals surface area contributed by atoms with Crippen LogP contribution in [0.1, 0.15) is 5.56 Å². The fraction of sp³-hybridized carbons (Fsp3) is 0.188. The van der Waals surface area contributed by atoms with Crippen LogP contribution in [0.3, 0.4) is 0 Å². The second kappa shape index (κ2) is 7.31. The van der Waals surface area contributed by atoms with Gasteiger partial charge in [0.05, 0.1) is 6.61 Å². The Labute approximate surface area is 117 Å². The Morgan fingerprint density at radius 2 is 1.60 bits per heavy atom. The van der Waals surface area contributed by atoms with E-state index in [0.717, 1.165) is 17.1 Å². The molecular formula is C16H16O4. The van der Waals surface area contributed by atoms with Gasteiger partial charge in [0, 0.05) is 0 Å². The maximum Gasteiger partial charge on any atom is 0.329 e. The second-order valence-corrected chi connectivity index (χ2v) is 4.26. The van der Waals surface area contributed by atoms with Crippen LogP contribution < -0.4 is 4.74 Å². The first-order chi connectivity index (χ1) is 9.74. The Hall–Kier alpha value is -2.33. The van der Waals surface area contributed by atoms with E-state index < -0.39 is 5.97 Å². The number of carboxylic acids is 1. The Bertz CT molecular complexity index is 534. The molecule has 0 spiro atoms. The van der Waals surface area contributed by atoms with E-state index in [9.17, 15) is 4.79 Å². The molecule has 0 amide bonds. The zero-order chi connectivity index (χ0) is 14.2. The van der Waals surface area contributed by atoms with Gasteiger partial charge in [-0.2, -0.15) is 0 Å². The van der Waals surface area contributed by atoms with Gasteiger partial charge in [-0.15, -0.1) is 0 Å². The minimum Gasteiger partial charge on any atom is -0.480 e. The first kappa shape index (κ1) is 14.1. The predicted molar refractivity (Wildman–Crippen MR) is 75.1 cm³/mol. The minimum absolute atomic E-state index is 0.255. The molecule has 0 fully saturated rings. The molecule has 20 heavy (non-hydrogen) atoms. The van der Waals surface area contributed by atoms with E-state index in [4.69, 9.17) is 14.6 Å². The summed E-state index contributed by atoms with van der Waals surface area (Å²) >= 11 is 0. The van der Waals surface area contributed by atoms with Crippen molar-refractivity contribution in [1.82, 2.24) is 0 Å². The third kappa shape index (κ3) is 4.74. The average Bonchev–Trinajstić information content (AvgIpc) is 2.46. The number of ether oxygens (including phenoxy) is 2. The van der Waals surface area contributed by atoms with Crippen LogP contribution in [0.4, 0.5) is 0 Å². The van der Waals surface area contributed by atoms with Gasteiger partial charge < -0.3 is 14.6 Å². The summed E-state index contributed by atoms with van der Waals surface area (Å²) in [5, 5.41) is 8.45. The van der Waals surface area contributed by atoms with Crippen LogP contribution in [0, 0.1) is 0 Å². The lowest BCUT2D eigenvalue weighted by Gasteiger charge is -2.06. The normalized spacial score (nSPS) is 10.2. The molecule has 0 aliphatic rings. The van der Waals surface area contributed by atoms with Crippen LogP contribution in [-0.4, -0.2) is 24.3 Å². The van der Waals surface area contributed by atoms with Gasteiger partial charge in [-0.05, 0) is 36.2 Å². The van der Waals surface area contributed by atoms with E-state index in [1.54, 1.807) is 0 Å². The van der Waals surface area contributed by atoms with E-state index in [1.165, 1.54) is 0 Å². The maximum atomic E-state index is 10.3. The molecule has 4 nitrogen and oxygen atoms in total. The van der Waals surface area contributed by atoms with Crippen molar-refractivity contribution in [2.75, 3.05) is 13.2 Å². The molecule has 0 aromatic heterocycles. The van der Waals surface area contributed by atoms with Crippen LogP contribution in [0.5, 0.6) is 11.5 Å². The van der Waals surface area contributed by atoms with Crippen molar-refractivity contribution in [1.29, 1.82) is 0 Å². The molecule has 0 aliphatic carbocycles. The van der Waals surface area contributed by atoms with Crippen molar-refractivity contribution in [2.24, 2.45) is 0 Å². The number of hydrogen-bond donors (Lipinski definition) is 1. The highest BCUT2D eigenvalue weighted by molar-refractivity contribution is 5.67. The van der Waals surface area contributed by atoms with Gasteiger partial charge >= 0.3 is 5.97 Å². The zero-order valence-electron chi connectivity index (χ0n) is 11.0. The highest BCUT2D eigenvalue weighted by Gasteiger charge is 1.99. The lowest BCUT2D eigenvalue weighted by molar-refractivity contribution is -0.142. The largest absolute Gasteiger partial charge is 0.480 e. The van der Waals surface area contributed by atoms with Crippen LogP contribution in [0.25, 0.3) is 0 Å². The third-order valence-electron chi connectivity index (χ3n) is 2.66. The molecular weight excluding hydrogens is 256 g/mol. The van der Waals surface area contributed by atoms with Gasteiger partial charge in [0.15, 0.2) is 0 Å². The quantitative estimate of drug-likeness (QED) is 0.787. The lowest BCUT2D eigenvalue weighted by Crippen LogP contribution is -2.08. The number of aliphatic carboxylic acids is 1. The number of rotatable bonds is 7. The summed E-state index contributed by atoms with van der Waals surface area (Å²) in [6.07, 6.45) is 0.679. The molecule has 0 aliphatic heterocycles. The Morgan fingerprint density at radius 3 is 2.25 bits per heavy atom. The summed E-state index contributed by atoms with van der Waals surface area (Å²) in [6, 6.07) is 17.2. The summed E-state index contributed by atoms with van der Waals surface area (Å²) < 4.78 is 10.7. The molecule has 0 saturated heterocycles. The molecule has 2 aromatic rings. The Kier molecular flexibility index (Phi) is 5.15. The molecule has 4 heteroatoms. The van der Waals surface area contributed by atoms with E-state index in [1.807, 2.05) is 54.6 Å². The van der Waals surface area contributed by atoms with Crippen molar-refractivity contribution in [3.05, 3.63) is 60.2 Å². The molecule has 1 N–H and O–H groups in total. The Balaban J connectivity index is 1.82. The molecule has 0 heterocycles. The fourth-order valence-electron chi connectivity index (χ4n) is 1.70. The van der Waals surface area contributed by atoms with Crippen LogP contribution in [0.15, 0.2) is 54.6 Å². The topological polar surface area (TPSA) is 55.8 Å². The highest BCUT2D eigenvalue weighted by Crippen LogP contribution is 2.21. The number of carboxylic acid groups (broad SMARTS) is 1. The molecule has 0 radical (unpaired) electrons. The van der Waals surface area contributed by atoms with Gasteiger partial charge in [-0.25, -0.2) is 4.79 Å². The number of para-hydroxylation sites is 1. The summed E-state index contributed by atoms with van der Waals surface area (Å²) in [7, 11) is 0. The van der Waals surface area contributed by atoms with Crippen LogP contribution in [-0.2, 0) is 16.0 Å². The van der Waals surface area contributed by atoms with Crippen molar-refractivity contribution in [2.45, 2.75) is 6.42 Å². The van der Waals surface area contributed by atoms with Gasteiger partial charge in [-0.1, -0.05) is 30.3 Å². The molecule has 0 atom stereocenters. The van der Waals surface area contributed by atoms with E-state index >= 15 is 0 Å². The van der Waals surface area contributed by atoms with Gasteiger partial charge in [0.1, 0.15) is 18.1 Å². The fourth-order valence-corrected chi connectivity index (χ4v) is 1.70. The third-order valence-corrected chi connectivity index (χ3v) is 2.66. The average molecular weight is 272 g/mol. The molecule has 2 aromatic carbocycles. The zero-order valence-corrected chi connectivity index (χ0v) is 11.0. The number of hydrogen-bond acceptors (Lipinski definition) is 3. The first-order valence-corrected chi connectivity index (χ1v) is 6.35. The standard InChI is InChI=1S/C16H16O4/c17-16(18)12-19-11-10-13-6-8-15(9-7-13)20-14-4-2-1-3-5-14/h1-9H,10-12H2,(H,17,18). The van der Waals surface area contributed by atoms with Crippen molar-refractivity contribution in [3.8, 4) is 11.5 Å². The van der Waals surface area contributed by atoms with E-state index in [-0.39, 0.29) is 6.61 Å². The van der Waals surface area contributed by atoms with Gasteiger partial charge in [0.2, 0.25) is 0 Å². The molecule has 2 rings (SSSR count). The van der Waals surface area contributed by atoms with Crippen molar-refractivity contribution in [3.63, 3.8) is 0 Å². The molecule has 0 bridgehead atoms. The second-order valence-electron chi connectivity index (χ2n) is 4.26. The minimum atomic E-state index is -0.948. The van der Waals surface area contributed by atoms with Crippen LogP contribution >= 0.6 is 0 Å². The van der Waals surface area contributed by atoms with Crippen molar-refractivity contribution >= 4 is 5.97 Å². The van der Waals surface area contributed by atoms with Gasteiger partial charge in [-0.3, -0.25) is 0 Å².